The van der Waals surface area contributed by atoms with Gasteiger partial charge in [0.1, 0.15) is 11.2 Å². The van der Waals surface area contributed by atoms with Crippen molar-refractivity contribution in [3.63, 3.8) is 0 Å². The van der Waals surface area contributed by atoms with Gasteiger partial charge in [0.15, 0.2) is 0 Å². The van der Waals surface area contributed by atoms with Crippen LogP contribution in [0.25, 0.3) is 0 Å². The highest BCUT2D eigenvalue weighted by atomic mass is 16.7. The summed E-state index contributed by atoms with van der Waals surface area (Å²) in [5, 5.41) is 0. The fourth-order valence-corrected chi connectivity index (χ4v) is 4.84. The maximum absolute atomic E-state index is 6.23. The third-order valence-electron chi connectivity index (χ3n) is 5.83. The highest BCUT2D eigenvalue weighted by Crippen LogP contribution is 2.67. The van der Waals surface area contributed by atoms with Crippen LogP contribution in [0.15, 0.2) is 11.6 Å². The van der Waals surface area contributed by atoms with E-state index in [1.54, 1.807) is 5.57 Å². The summed E-state index contributed by atoms with van der Waals surface area (Å²) >= 11 is 0. The summed E-state index contributed by atoms with van der Waals surface area (Å²) in [6, 6.07) is 0. The summed E-state index contributed by atoms with van der Waals surface area (Å²) in [5.74, 6) is 2.21. The third kappa shape index (κ3) is 1.09. The fourth-order valence-electron chi connectivity index (χ4n) is 4.84. The molecule has 3 fully saturated rings. The average Bonchev–Trinajstić information content (AvgIpc) is 2.81. The molecule has 0 N–H and O–H groups in total. The molecule has 1 saturated carbocycles. The van der Waals surface area contributed by atoms with E-state index in [-0.39, 0.29) is 11.2 Å². The Morgan fingerprint density at radius 2 is 2.24 bits per heavy atom. The number of hydrogen-bond acceptors (Lipinski definition) is 2. The highest BCUT2D eigenvalue weighted by Gasteiger charge is 2.80. The monoisotopic (exact) mass is 234 g/mol. The quantitative estimate of drug-likeness (QED) is 0.475. The van der Waals surface area contributed by atoms with Gasteiger partial charge in [0.25, 0.3) is 0 Å². The zero-order chi connectivity index (χ0) is 11.8. The lowest BCUT2D eigenvalue weighted by molar-refractivity contribution is -0.0749. The number of hydrogen-bond donors (Lipinski definition) is 0. The van der Waals surface area contributed by atoms with E-state index < -0.39 is 0 Å². The molecule has 0 aromatic heterocycles. The Hall–Kier alpha value is -0.340. The summed E-state index contributed by atoms with van der Waals surface area (Å²) in [6.45, 7) is 7.73. The minimum absolute atomic E-state index is 0.0227. The van der Waals surface area contributed by atoms with Crippen molar-refractivity contribution >= 4 is 0 Å². The van der Waals surface area contributed by atoms with Crippen molar-refractivity contribution in [1.29, 1.82) is 0 Å². The van der Waals surface area contributed by atoms with Gasteiger partial charge in [0, 0.05) is 5.92 Å². The van der Waals surface area contributed by atoms with Gasteiger partial charge in [-0.05, 0) is 44.9 Å². The van der Waals surface area contributed by atoms with Gasteiger partial charge in [0.05, 0.1) is 12.7 Å². The standard InChI is InChI=1S/C15H22O2/c1-9-4-5-11-10(2)7-13-15(12(11)6-9)14(3,17-15)8-16-13/h6,10-13H,4-5,7-8H2,1-3H3/t10-,11+,12-,13+,14+,15-/m1/s1. The molecule has 94 valence electrons. The Morgan fingerprint density at radius 1 is 1.41 bits per heavy atom. The lowest BCUT2D eigenvalue weighted by atomic mass is 9.59. The van der Waals surface area contributed by atoms with E-state index in [1.165, 1.54) is 19.3 Å². The molecule has 2 aliphatic heterocycles. The Kier molecular flexibility index (Phi) is 1.85. The minimum Gasteiger partial charge on any atom is -0.372 e. The molecule has 0 bridgehead atoms. The second kappa shape index (κ2) is 2.97. The predicted molar refractivity (Wildman–Crippen MR) is 65.7 cm³/mol. The second-order valence-electron chi connectivity index (χ2n) is 6.88. The van der Waals surface area contributed by atoms with Gasteiger partial charge in [0.2, 0.25) is 0 Å². The molecule has 0 aromatic carbocycles. The summed E-state index contributed by atoms with van der Waals surface area (Å²) < 4.78 is 12.2. The lowest BCUT2D eigenvalue weighted by Crippen LogP contribution is -2.49. The summed E-state index contributed by atoms with van der Waals surface area (Å²) in [4.78, 5) is 0. The molecule has 2 heterocycles. The maximum atomic E-state index is 6.23. The van der Waals surface area contributed by atoms with Crippen LogP contribution in [0.5, 0.6) is 0 Å². The van der Waals surface area contributed by atoms with E-state index >= 15 is 0 Å². The molecule has 0 aromatic rings. The second-order valence-corrected chi connectivity index (χ2v) is 6.88. The topological polar surface area (TPSA) is 21.8 Å². The third-order valence-corrected chi connectivity index (χ3v) is 5.83. The van der Waals surface area contributed by atoms with E-state index in [4.69, 9.17) is 9.47 Å². The summed E-state index contributed by atoms with van der Waals surface area (Å²) in [5.41, 5.74) is 1.62. The predicted octanol–water partition coefficient (Wildman–Crippen LogP) is 2.93. The van der Waals surface area contributed by atoms with Gasteiger partial charge in [-0.25, -0.2) is 0 Å². The molecule has 0 unspecified atom stereocenters. The van der Waals surface area contributed by atoms with Gasteiger partial charge in [-0.1, -0.05) is 18.6 Å². The van der Waals surface area contributed by atoms with Crippen molar-refractivity contribution < 1.29 is 9.47 Å². The first-order chi connectivity index (χ1) is 8.07. The van der Waals surface area contributed by atoms with E-state index in [2.05, 4.69) is 26.8 Å². The van der Waals surface area contributed by atoms with Crippen molar-refractivity contribution in [2.75, 3.05) is 6.61 Å². The van der Waals surface area contributed by atoms with Crippen LogP contribution in [0.4, 0.5) is 0 Å². The first-order valence-corrected chi connectivity index (χ1v) is 7.06. The normalized spacial score (nSPS) is 60.1. The molecule has 4 aliphatic rings. The number of allylic oxidation sites excluding steroid dienone is 1. The van der Waals surface area contributed by atoms with Crippen molar-refractivity contribution in [3.8, 4) is 0 Å². The Morgan fingerprint density at radius 3 is 3.00 bits per heavy atom. The van der Waals surface area contributed by atoms with Gasteiger partial charge in [-0.15, -0.1) is 0 Å². The molecule has 2 nitrogen and oxygen atoms in total. The average molecular weight is 234 g/mol. The van der Waals surface area contributed by atoms with Crippen LogP contribution in [0.3, 0.4) is 0 Å². The SMILES string of the molecule is CC1=C[C@@H]2[C@@H](CC1)[C@H](C)C[C@@H]1OC[C@]3(C)O[C@@]123. The van der Waals surface area contributed by atoms with Gasteiger partial charge in [-0.2, -0.15) is 0 Å². The van der Waals surface area contributed by atoms with Gasteiger partial charge >= 0.3 is 0 Å². The van der Waals surface area contributed by atoms with Crippen molar-refractivity contribution in [2.24, 2.45) is 17.8 Å². The van der Waals surface area contributed by atoms with Gasteiger partial charge < -0.3 is 9.47 Å². The van der Waals surface area contributed by atoms with Crippen LogP contribution in [0.2, 0.25) is 0 Å². The van der Waals surface area contributed by atoms with Crippen LogP contribution in [0.1, 0.15) is 40.0 Å². The van der Waals surface area contributed by atoms with Crippen LogP contribution >= 0.6 is 0 Å². The number of fused-ring (bicyclic) bond motifs is 1. The minimum atomic E-state index is 0.0227. The van der Waals surface area contributed by atoms with Crippen molar-refractivity contribution in [1.82, 2.24) is 0 Å². The Balaban J connectivity index is 1.79. The number of ether oxygens (including phenoxy) is 2. The molecule has 0 radical (unpaired) electrons. The molecular weight excluding hydrogens is 212 g/mol. The highest BCUT2D eigenvalue weighted by molar-refractivity contribution is 5.32. The zero-order valence-corrected chi connectivity index (χ0v) is 11.0. The van der Waals surface area contributed by atoms with Crippen LogP contribution in [-0.4, -0.2) is 23.9 Å². The van der Waals surface area contributed by atoms with Crippen LogP contribution in [0, 0.1) is 17.8 Å². The van der Waals surface area contributed by atoms with Crippen molar-refractivity contribution in [3.05, 3.63) is 11.6 Å². The molecule has 4 rings (SSSR count). The Labute approximate surface area is 103 Å². The molecular formula is C15H22O2. The van der Waals surface area contributed by atoms with Crippen LogP contribution in [-0.2, 0) is 9.47 Å². The lowest BCUT2D eigenvalue weighted by Gasteiger charge is -2.45. The molecule has 6 atom stereocenters. The summed E-state index contributed by atoms with van der Waals surface area (Å²) in [7, 11) is 0. The van der Waals surface area contributed by atoms with E-state index in [0.717, 1.165) is 18.4 Å². The molecule has 0 amide bonds. The first-order valence-electron chi connectivity index (χ1n) is 7.06. The maximum Gasteiger partial charge on any atom is 0.132 e. The fraction of sp³-hybridized carbons (Fsp3) is 0.867. The van der Waals surface area contributed by atoms with E-state index in [9.17, 15) is 0 Å². The Bertz CT molecular complexity index is 402. The molecule has 2 aliphatic carbocycles. The van der Waals surface area contributed by atoms with E-state index in [0.29, 0.717) is 12.0 Å². The smallest absolute Gasteiger partial charge is 0.132 e. The van der Waals surface area contributed by atoms with E-state index in [1.807, 2.05) is 0 Å². The molecule has 1 spiro atoms. The number of epoxide rings is 1. The largest absolute Gasteiger partial charge is 0.372 e. The summed E-state index contributed by atoms with van der Waals surface area (Å²) in [6.07, 6.45) is 6.69. The first kappa shape index (κ1) is 10.6. The zero-order valence-electron chi connectivity index (χ0n) is 11.0. The molecule has 17 heavy (non-hydrogen) atoms. The molecule has 2 heteroatoms. The van der Waals surface area contributed by atoms with Crippen LogP contribution < -0.4 is 0 Å². The molecule has 2 saturated heterocycles. The number of rotatable bonds is 0. The van der Waals surface area contributed by atoms with Crippen molar-refractivity contribution in [2.45, 2.75) is 57.3 Å². The van der Waals surface area contributed by atoms with Gasteiger partial charge in [-0.3, -0.25) is 0 Å².